The number of esters is 1. The van der Waals surface area contributed by atoms with Crippen molar-refractivity contribution < 1.29 is 19.4 Å². The number of hydrogen-bond donors (Lipinski definition) is 3. The number of nitrogens with two attached hydrogens (primary N) is 1. The Morgan fingerprint density at radius 2 is 2.00 bits per heavy atom. The van der Waals surface area contributed by atoms with Crippen LogP contribution in [0.5, 0.6) is 5.75 Å². The van der Waals surface area contributed by atoms with Gasteiger partial charge in [0.2, 0.25) is 5.95 Å². The van der Waals surface area contributed by atoms with E-state index in [1.54, 1.807) is 7.11 Å². The van der Waals surface area contributed by atoms with Gasteiger partial charge in [0.1, 0.15) is 17.2 Å². The van der Waals surface area contributed by atoms with Gasteiger partial charge in [-0.25, -0.2) is 4.98 Å². The largest absolute Gasteiger partial charge is 0.496 e. The van der Waals surface area contributed by atoms with E-state index >= 15 is 0 Å². The molecule has 0 amide bonds. The molecular formula is C25H38N4O4. The highest BCUT2D eigenvalue weighted by atomic mass is 16.6. The lowest BCUT2D eigenvalue weighted by Gasteiger charge is -2.24. The third-order valence-electron chi connectivity index (χ3n) is 5.21. The number of anilines is 2. The first kappa shape index (κ1) is 26.4. The van der Waals surface area contributed by atoms with Gasteiger partial charge < -0.3 is 25.6 Å². The Labute approximate surface area is 196 Å². The van der Waals surface area contributed by atoms with E-state index < -0.39 is 5.60 Å². The smallest absolute Gasteiger partial charge is 0.308 e. The van der Waals surface area contributed by atoms with Gasteiger partial charge in [0.15, 0.2) is 0 Å². The van der Waals surface area contributed by atoms with Gasteiger partial charge in [-0.05, 0) is 57.4 Å². The molecule has 8 nitrogen and oxygen atoms in total. The maximum Gasteiger partial charge on any atom is 0.308 e. The summed E-state index contributed by atoms with van der Waals surface area (Å²) < 4.78 is 11.1. The first-order valence-corrected chi connectivity index (χ1v) is 11.4. The summed E-state index contributed by atoms with van der Waals surface area (Å²) >= 11 is 0. The molecule has 0 radical (unpaired) electrons. The van der Waals surface area contributed by atoms with Crippen LogP contribution in [0.15, 0.2) is 18.2 Å². The first-order valence-electron chi connectivity index (χ1n) is 11.4. The Balaban J connectivity index is 2.37. The third kappa shape index (κ3) is 8.20. The van der Waals surface area contributed by atoms with E-state index in [-0.39, 0.29) is 31.0 Å². The Kier molecular flexibility index (Phi) is 9.46. The van der Waals surface area contributed by atoms with Gasteiger partial charge >= 0.3 is 5.97 Å². The number of nitrogens with one attached hydrogen (secondary N) is 1. The highest BCUT2D eigenvalue weighted by molar-refractivity contribution is 5.71. The lowest BCUT2D eigenvalue weighted by molar-refractivity contribution is -0.155. The van der Waals surface area contributed by atoms with Crippen LogP contribution in [-0.4, -0.2) is 39.8 Å². The van der Waals surface area contributed by atoms with E-state index in [0.717, 1.165) is 41.6 Å². The predicted octanol–water partition coefficient (Wildman–Crippen LogP) is 4.16. The van der Waals surface area contributed by atoms with Gasteiger partial charge in [-0.3, -0.25) is 4.79 Å². The van der Waals surface area contributed by atoms with Crippen molar-refractivity contribution in [2.75, 3.05) is 18.2 Å². The summed E-state index contributed by atoms with van der Waals surface area (Å²) in [6, 6.07) is 5.43. The van der Waals surface area contributed by atoms with Gasteiger partial charge in [-0.15, -0.1) is 0 Å². The zero-order valence-electron chi connectivity index (χ0n) is 20.7. The standard InChI is InChI=1S/C25H38N4O4/c1-7-8-9-19(14-22(31)33-25(3,4)5)28-23-20(16(2)27-24(26)29-23)13-18-12-17(15-30)10-11-21(18)32-6/h10-12,19,30H,7-9,13-15H2,1-6H3,(H3,26,27,28,29)/t19-/m0/s1. The van der Waals surface area contributed by atoms with Crippen LogP contribution in [-0.2, 0) is 22.6 Å². The zero-order valence-corrected chi connectivity index (χ0v) is 20.7. The molecule has 2 rings (SSSR count). The molecular weight excluding hydrogens is 420 g/mol. The van der Waals surface area contributed by atoms with E-state index in [2.05, 4.69) is 22.2 Å². The van der Waals surface area contributed by atoms with E-state index in [1.165, 1.54) is 0 Å². The molecule has 2 aromatic rings. The average molecular weight is 459 g/mol. The second-order valence-electron chi connectivity index (χ2n) is 9.25. The number of nitrogen functional groups attached to an aromatic ring is 1. The number of aliphatic hydroxyl groups excluding tert-OH is 1. The quantitative estimate of drug-likeness (QED) is 0.429. The molecule has 1 aromatic carbocycles. The number of hydrogen-bond acceptors (Lipinski definition) is 8. The number of benzene rings is 1. The van der Waals surface area contributed by atoms with Crippen LogP contribution in [0.3, 0.4) is 0 Å². The molecule has 0 saturated carbocycles. The molecule has 1 heterocycles. The van der Waals surface area contributed by atoms with Crippen molar-refractivity contribution in [1.82, 2.24) is 9.97 Å². The molecule has 0 unspecified atom stereocenters. The minimum Gasteiger partial charge on any atom is -0.496 e. The summed E-state index contributed by atoms with van der Waals surface area (Å²) in [7, 11) is 1.62. The number of aryl methyl sites for hydroxylation is 1. The number of rotatable bonds is 11. The fraction of sp³-hybridized carbons (Fsp3) is 0.560. The fourth-order valence-electron chi connectivity index (χ4n) is 3.66. The average Bonchev–Trinajstić information content (AvgIpc) is 2.72. The monoisotopic (exact) mass is 458 g/mol. The second kappa shape index (κ2) is 11.8. The molecule has 0 fully saturated rings. The van der Waals surface area contributed by atoms with E-state index in [9.17, 15) is 9.90 Å². The van der Waals surface area contributed by atoms with Gasteiger partial charge in [-0.1, -0.05) is 25.8 Å². The number of unbranched alkanes of at least 4 members (excludes halogenated alkanes) is 1. The number of carbonyl (C=O) groups is 1. The van der Waals surface area contributed by atoms with Crippen LogP contribution in [0.25, 0.3) is 0 Å². The molecule has 1 aromatic heterocycles. The van der Waals surface area contributed by atoms with Crippen molar-refractivity contribution >= 4 is 17.7 Å². The topological polar surface area (TPSA) is 120 Å². The minimum absolute atomic E-state index is 0.0612. The van der Waals surface area contributed by atoms with Gasteiger partial charge in [0.05, 0.1) is 20.1 Å². The van der Waals surface area contributed by atoms with Crippen molar-refractivity contribution in [3.63, 3.8) is 0 Å². The Bertz CT molecular complexity index is 941. The van der Waals surface area contributed by atoms with Crippen molar-refractivity contribution in [1.29, 1.82) is 0 Å². The molecule has 0 spiro atoms. The summed E-state index contributed by atoms with van der Waals surface area (Å²) in [5.74, 6) is 1.22. The summed E-state index contributed by atoms with van der Waals surface area (Å²) in [4.78, 5) is 21.3. The van der Waals surface area contributed by atoms with E-state index in [0.29, 0.717) is 18.0 Å². The van der Waals surface area contributed by atoms with E-state index in [4.69, 9.17) is 15.2 Å². The Hall–Kier alpha value is -2.87. The highest BCUT2D eigenvalue weighted by Gasteiger charge is 2.23. The molecule has 0 aliphatic rings. The van der Waals surface area contributed by atoms with Crippen molar-refractivity contribution in [2.24, 2.45) is 0 Å². The normalized spacial score (nSPS) is 12.3. The van der Waals surface area contributed by atoms with Crippen LogP contribution in [0.2, 0.25) is 0 Å². The number of nitrogens with zero attached hydrogens (tertiary/aromatic N) is 2. The van der Waals surface area contributed by atoms with Crippen LogP contribution in [0.4, 0.5) is 11.8 Å². The maximum absolute atomic E-state index is 12.5. The molecule has 1 atom stereocenters. The summed E-state index contributed by atoms with van der Waals surface area (Å²) in [5, 5.41) is 13.0. The predicted molar refractivity (Wildman–Crippen MR) is 130 cm³/mol. The van der Waals surface area contributed by atoms with Crippen LogP contribution < -0.4 is 15.8 Å². The molecule has 0 aliphatic heterocycles. The van der Waals surface area contributed by atoms with Crippen molar-refractivity contribution in [3.8, 4) is 5.75 Å². The van der Waals surface area contributed by atoms with Gasteiger partial charge in [0.25, 0.3) is 0 Å². The van der Waals surface area contributed by atoms with Crippen molar-refractivity contribution in [2.45, 2.75) is 85.0 Å². The fourth-order valence-corrected chi connectivity index (χ4v) is 3.66. The zero-order chi connectivity index (χ0) is 24.6. The van der Waals surface area contributed by atoms with Crippen LogP contribution in [0.1, 0.15) is 75.8 Å². The Morgan fingerprint density at radius 3 is 2.61 bits per heavy atom. The summed E-state index contributed by atoms with van der Waals surface area (Å²) in [6.45, 7) is 9.52. The third-order valence-corrected chi connectivity index (χ3v) is 5.21. The SMILES string of the molecule is CCCC[C@@H](CC(=O)OC(C)(C)C)Nc1nc(N)nc(C)c1Cc1cc(CO)ccc1OC. The lowest BCUT2D eigenvalue weighted by Crippen LogP contribution is -2.30. The molecule has 0 saturated heterocycles. The summed E-state index contributed by atoms with van der Waals surface area (Å²) in [5.41, 5.74) is 8.74. The first-order chi connectivity index (χ1) is 15.6. The molecule has 4 N–H and O–H groups in total. The minimum atomic E-state index is -0.540. The lowest BCUT2D eigenvalue weighted by atomic mass is 10.00. The molecule has 0 aliphatic carbocycles. The number of aliphatic hydroxyl groups is 1. The second-order valence-corrected chi connectivity index (χ2v) is 9.25. The number of aromatic nitrogens is 2. The molecule has 33 heavy (non-hydrogen) atoms. The van der Waals surface area contributed by atoms with Gasteiger partial charge in [0, 0.05) is 23.7 Å². The Morgan fingerprint density at radius 1 is 1.27 bits per heavy atom. The maximum atomic E-state index is 12.5. The molecule has 182 valence electrons. The van der Waals surface area contributed by atoms with E-state index in [1.807, 2.05) is 45.9 Å². The number of methoxy groups -OCH3 is 1. The highest BCUT2D eigenvalue weighted by Crippen LogP contribution is 2.28. The summed E-state index contributed by atoms with van der Waals surface area (Å²) in [6.07, 6.45) is 3.47. The molecule has 8 heteroatoms. The van der Waals surface area contributed by atoms with Gasteiger partial charge in [-0.2, -0.15) is 4.98 Å². The van der Waals surface area contributed by atoms with Crippen LogP contribution >= 0.6 is 0 Å². The number of carbonyl (C=O) groups excluding carboxylic acids is 1. The van der Waals surface area contributed by atoms with Crippen LogP contribution in [0, 0.1) is 6.92 Å². The van der Waals surface area contributed by atoms with Crippen molar-refractivity contribution in [3.05, 3.63) is 40.6 Å². The molecule has 0 bridgehead atoms. The number of ether oxygens (including phenoxy) is 2.